The molecule has 0 radical (unpaired) electrons. The minimum Gasteiger partial charge on any atom is -0.457 e. The Morgan fingerprint density at radius 2 is 0.981 bits per heavy atom. The third-order valence-electron chi connectivity index (χ3n) is 8.51. The molecule has 0 aromatic heterocycles. The van der Waals surface area contributed by atoms with Crippen LogP contribution >= 0.6 is 0 Å². The van der Waals surface area contributed by atoms with E-state index in [1.54, 1.807) is 74.5 Å². The summed E-state index contributed by atoms with van der Waals surface area (Å²) in [5.41, 5.74) is 7.84. The van der Waals surface area contributed by atoms with Gasteiger partial charge in [0.25, 0.3) is 0 Å². The lowest BCUT2D eigenvalue weighted by atomic mass is 9.99. The average Bonchev–Trinajstić information content (AvgIpc) is 3.40. The molecule has 4 aromatic carbocycles. The van der Waals surface area contributed by atoms with Gasteiger partial charge in [-0.15, -0.1) is 0 Å². The van der Waals surface area contributed by atoms with Crippen molar-refractivity contribution in [2.45, 2.75) is 40.5 Å². The standard InChI is InChI=1S/C44H40O10/c1-26(2)43(47)51-24-49-33-12-8-31(28(5)20-33)10-18-41(45)53-35-14-16-37-38-17-15-36(23-40(38)30(7)39(37)22-35)54-42(46)19-11-32-9-13-34(21-29(32)6)50-25-52-44(48)27(3)4/h8-23,30H,1,3,24-25H2,2,4-7H3. The number of hydrogen-bond donors (Lipinski definition) is 0. The molecule has 0 amide bonds. The highest BCUT2D eigenvalue weighted by atomic mass is 16.7. The fourth-order valence-electron chi connectivity index (χ4n) is 5.60. The smallest absolute Gasteiger partial charge is 0.336 e. The summed E-state index contributed by atoms with van der Waals surface area (Å²) in [5.74, 6) is -0.330. The lowest BCUT2D eigenvalue weighted by Crippen LogP contribution is -2.10. The van der Waals surface area contributed by atoms with Gasteiger partial charge in [0.15, 0.2) is 0 Å². The zero-order valence-electron chi connectivity index (χ0n) is 30.7. The van der Waals surface area contributed by atoms with Crippen molar-refractivity contribution in [2.24, 2.45) is 0 Å². The average molecular weight is 729 g/mol. The van der Waals surface area contributed by atoms with E-state index in [-0.39, 0.29) is 30.6 Å². The van der Waals surface area contributed by atoms with Crippen LogP contribution in [0, 0.1) is 13.8 Å². The quantitative estimate of drug-likeness (QED) is 0.0540. The van der Waals surface area contributed by atoms with Crippen LogP contribution in [0.25, 0.3) is 23.3 Å². The van der Waals surface area contributed by atoms with Crippen molar-refractivity contribution in [3.05, 3.63) is 143 Å². The molecule has 0 heterocycles. The van der Waals surface area contributed by atoms with Crippen LogP contribution < -0.4 is 18.9 Å². The van der Waals surface area contributed by atoms with E-state index in [4.69, 9.17) is 28.4 Å². The first-order valence-electron chi connectivity index (χ1n) is 17.0. The van der Waals surface area contributed by atoms with Gasteiger partial charge < -0.3 is 28.4 Å². The van der Waals surface area contributed by atoms with Crippen LogP contribution in [0.2, 0.25) is 0 Å². The molecule has 0 bridgehead atoms. The predicted molar refractivity (Wildman–Crippen MR) is 204 cm³/mol. The summed E-state index contributed by atoms with van der Waals surface area (Å²) in [6.45, 7) is 15.5. The lowest BCUT2D eigenvalue weighted by Gasteiger charge is -2.10. The van der Waals surface area contributed by atoms with Gasteiger partial charge in [-0.3, -0.25) is 0 Å². The maximum Gasteiger partial charge on any atom is 0.336 e. The number of benzene rings is 4. The van der Waals surface area contributed by atoms with E-state index in [0.717, 1.165) is 44.5 Å². The minimum atomic E-state index is -0.534. The Kier molecular flexibility index (Phi) is 12.3. The Hall–Kier alpha value is -6.68. The summed E-state index contributed by atoms with van der Waals surface area (Å²) in [4.78, 5) is 48.6. The first-order valence-corrected chi connectivity index (χ1v) is 17.0. The highest BCUT2D eigenvalue weighted by molar-refractivity contribution is 5.91. The maximum absolute atomic E-state index is 12.8. The monoisotopic (exact) mass is 728 g/mol. The first-order chi connectivity index (χ1) is 25.8. The van der Waals surface area contributed by atoms with E-state index in [2.05, 4.69) is 13.2 Å². The predicted octanol–water partition coefficient (Wildman–Crippen LogP) is 8.58. The van der Waals surface area contributed by atoms with Crippen LogP contribution in [0.1, 0.15) is 60.1 Å². The lowest BCUT2D eigenvalue weighted by molar-refractivity contribution is -0.146. The molecular weight excluding hydrogens is 688 g/mol. The van der Waals surface area contributed by atoms with E-state index in [1.165, 1.54) is 12.2 Å². The third kappa shape index (κ3) is 9.80. The van der Waals surface area contributed by atoms with Gasteiger partial charge in [0.05, 0.1) is 0 Å². The fraction of sp³-hybridized carbons (Fsp3) is 0.182. The summed E-state index contributed by atoms with van der Waals surface area (Å²) in [7, 11) is 0. The molecule has 1 aliphatic rings. The summed E-state index contributed by atoms with van der Waals surface area (Å²) < 4.78 is 32.1. The Morgan fingerprint density at radius 3 is 1.35 bits per heavy atom. The summed E-state index contributed by atoms with van der Waals surface area (Å²) >= 11 is 0. The van der Waals surface area contributed by atoms with Gasteiger partial charge in [0.1, 0.15) is 23.0 Å². The van der Waals surface area contributed by atoms with Crippen molar-refractivity contribution in [1.29, 1.82) is 0 Å². The Balaban J connectivity index is 1.15. The normalized spacial score (nSPS) is 12.8. The van der Waals surface area contributed by atoms with Gasteiger partial charge in [-0.2, -0.15) is 0 Å². The van der Waals surface area contributed by atoms with Gasteiger partial charge >= 0.3 is 23.9 Å². The molecule has 0 atom stereocenters. The number of rotatable bonds is 14. The number of aryl methyl sites for hydroxylation is 2. The van der Waals surface area contributed by atoms with E-state index in [0.29, 0.717) is 23.0 Å². The summed E-state index contributed by atoms with van der Waals surface area (Å²) in [6.07, 6.45) is 6.03. The highest BCUT2D eigenvalue weighted by Gasteiger charge is 2.27. The van der Waals surface area contributed by atoms with Crippen molar-refractivity contribution in [1.82, 2.24) is 0 Å². The SMILES string of the molecule is C=C(C)C(=O)OCOc1ccc(C=CC(=O)Oc2ccc3c(c2)C(C)c2cc(OC(=O)C=Cc4ccc(OCOC(=O)C(=C)C)cc4C)ccc2-3)c(C)c1. The highest BCUT2D eigenvalue weighted by Crippen LogP contribution is 2.47. The van der Waals surface area contributed by atoms with Crippen LogP contribution in [-0.4, -0.2) is 37.5 Å². The molecule has 0 aliphatic heterocycles. The molecule has 5 rings (SSSR count). The maximum atomic E-state index is 12.8. The molecule has 0 fully saturated rings. The van der Waals surface area contributed by atoms with Gasteiger partial charge in [-0.1, -0.05) is 44.3 Å². The topological polar surface area (TPSA) is 124 Å². The number of fused-ring (bicyclic) bond motifs is 3. The number of hydrogen-bond acceptors (Lipinski definition) is 10. The van der Waals surface area contributed by atoms with E-state index < -0.39 is 23.9 Å². The Labute approximate surface area is 313 Å². The van der Waals surface area contributed by atoms with Crippen LogP contribution in [0.3, 0.4) is 0 Å². The summed E-state index contributed by atoms with van der Waals surface area (Å²) in [5, 5.41) is 0. The van der Waals surface area contributed by atoms with Crippen molar-refractivity contribution in [2.75, 3.05) is 13.6 Å². The number of carbonyl (C=O) groups is 4. The second kappa shape index (κ2) is 17.2. The van der Waals surface area contributed by atoms with E-state index >= 15 is 0 Å². The molecule has 0 spiro atoms. The molecule has 4 aromatic rings. The molecular formula is C44H40O10. The van der Waals surface area contributed by atoms with Crippen LogP contribution in [0.15, 0.2) is 109 Å². The molecule has 0 unspecified atom stereocenters. The van der Waals surface area contributed by atoms with E-state index in [9.17, 15) is 19.2 Å². The van der Waals surface area contributed by atoms with Crippen LogP contribution in [0.4, 0.5) is 0 Å². The molecule has 10 heteroatoms. The molecule has 276 valence electrons. The second-order valence-electron chi connectivity index (χ2n) is 12.7. The third-order valence-corrected chi connectivity index (χ3v) is 8.51. The minimum absolute atomic E-state index is 0.0428. The van der Waals surface area contributed by atoms with Crippen LogP contribution in [0.5, 0.6) is 23.0 Å². The molecule has 0 saturated heterocycles. The van der Waals surface area contributed by atoms with Gasteiger partial charge in [-0.25, -0.2) is 19.2 Å². The van der Waals surface area contributed by atoms with E-state index in [1.807, 2.05) is 45.0 Å². The summed E-state index contributed by atoms with van der Waals surface area (Å²) in [6, 6.07) is 21.6. The zero-order valence-corrected chi connectivity index (χ0v) is 30.7. The fourth-order valence-corrected chi connectivity index (χ4v) is 5.60. The zero-order chi connectivity index (χ0) is 38.9. The largest absolute Gasteiger partial charge is 0.457 e. The van der Waals surface area contributed by atoms with Crippen molar-refractivity contribution >= 4 is 36.0 Å². The molecule has 10 nitrogen and oxygen atoms in total. The second-order valence-corrected chi connectivity index (χ2v) is 12.7. The number of ether oxygens (including phenoxy) is 6. The number of carbonyl (C=O) groups excluding carboxylic acids is 4. The number of esters is 4. The van der Waals surface area contributed by atoms with Crippen molar-refractivity contribution in [3.8, 4) is 34.1 Å². The molecule has 54 heavy (non-hydrogen) atoms. The first kappa shape index (κ1) is 38.5. The Bertz CT molecular complexity index is 2050. The Morgan fingerprint density at radius 1 is 0.593 bits per heavy atom. The van der Waals surface area contributed by atoms with Gasteiger partial charge in [0.2, 0.25) is 13.6 Å². The van der Waals surface area contributed by atoms with Crippen molar-refractivity contribution < 1.29 is 47.6 Å². The molecule has 0 N–H and O–H groups in total. The van der Waals surface area contributed by atoms with Crippen molar-refractivity contribution in [3.63, 3.8) is 0 Å². The van der Waals surface area contributed by atoms with Crippen LogP contribution in [-0.2, 0) is 28.7 Å². The van der Waals surface area contributed by atoms with Gasteiger partial charge in [0, 0.05) is 29.2 Å². The van der Waals surface area contributed by atoms with Gasteiger partial charge in [-0.05, 0) is 133 Å². The molecule has 1 aliphatic carbocycles. The molecule has 0 saturated carbocycles.